The largest absolute Gasteiger partial charge is 0.346 e. The molecule has 0 radical (unpaired) electrons. The molecule has 1 aromatic carbocycles. The summed E-state index contributed by atoms with van der Waals surface area (Å²) in [5, 5.41) is 4.41. The van der Waals surface area contributed by atoms with Crippen LogP contribution < -0.4 is 21.5 Å². The van der Waals surface area contributed by atoms with Crippen molar-refractivity contribution in [2.24, 2.45) is 5.84 Å². The van der Waals surface area contributed by atoms with E-state index in [2.05, 4.69) is 15.7 Å². The third-order valence-corrected chi connectivity index (χ3v) is 3.30. The van der Waals surface area contributed by atoms with Crippen molar-refractivity contribution in [2.45, 2.75) is 13.5 Å². The van der Waals surface area contributed by atoms with Crippen LogP contribution in [0.3, 0.4) is 0 Å². The average Bonchev–Trinajstić information content (AvgIpc) is 2.81. The first-order valence-corrected chi connectivity index (χ1v) is 6.50. The number of thiazole rings is 1. The summed E-state index contributed by atoms with van der Waals surface area (Å²) in [6.07, 6.45) is 0. The molecule has 2 aromatic rings. The molecule has 0 atom stereocenters. The number of anilines is 1. The zero-order valence-electron chi connectivity index (χ0n) is 10.3. The van der Waals surface area contributed by atoms with Gasteiger partial charge in [0.1, 0.15) is 0 Å². The molecule has 0 aliphatic rings. The van der Waals surface area contributed by atoms with Gasteiger partial charge in [-0.15, -0.1) is 0 Å². The van der Waals surface area contributed by atoms with E-state index < -0.39 is 0 Å². The summed E-state index contributed by atoms with van der Waals surface area (Å²) in [6.45, 7) is 2.17. The maximum atomic E-state index is 12.1. The van der Waals surface area contributed by atoms with Gasteiger partial charge >= 0.3 is 4.87 Å². The van der Waals surface area contributed by atoms with Crippen LogP contribution in [0.25, 0.3) is 0 Å². The monoisotopic (exact) mass is 278 g/mol. The van der Waals surface area contributed by atoms with Crippen molar-refractivity contribution >= 4 is 22.9 Å². The Morgan fingerprint density at radius 2 is 2.26 bits per heavy atom. The quantitative estimate of drug-likeness (QED) is 0.494. The molecule has 0 saturated carbocycles. The zero-order chi connectivity index (χ0) is 13.8. The number of rotatable bonds is 4. The van der Waals surface area contributed by atoms with Crippen LogP contribution in [0.1, 0.15) is 21.6 Å². The van der Waals surface area contributed by atoms with Gasteiger partial charge in [-0.05, 0) is 19.1 Å². The van der Waals surface area contributed by atoms with E-state index in [4.69, 9.17) is 5.84 Å². The number of nitrogen functional groups attached to an aromatic ring is 1. The number of aromatic nitrogens is 1. The second kappa shape index (κ2) is 5.68. The number of nitrogens with one attached hydrogen (secondary N) is 3. The molecule has 0 fully saturated rings. The molecule has 5 N–H and O–H groups in total. The second-order valence-corrected chi connectivity index (χ2v) is 4.89. The maximum Gasteiger partial charge on any atom is 0.304 e. The molecule has 0 bridgehead atoms. The van der Waals surface area contributed by atoms with E-state index in [-0.39, 0.29) is 17.3 Å². The van der Waals surface area contributed by atoms with Crippen molar-refractivity contribution in [3.8, 4) is 0 Å². The molecule has 0 unspecified atom stereocenters. The van der Waals surface area contributed by atoms with Gasteiger partial charge in [-0.3, -0.25) is 15.4 Å². The van der Waals surface area contributed by atoms with Crippen molar-refractivity contribution < 1.29 is 4.79 Å². The lowest BCUT2D eigenvalue weighted by atomic mass is 10.1. The van der Waals surface area contributed by atoms with Crippen LogP contribution in [0.2, 0.25) is 0 Å². The highest BCUT2D eigenvalue weighted by Gasteiger charge is 2.11. The smallest absolute Gasteiger partial charge is 0.304 e. The first-order valence-electron chi connectivity index (χ1n) is 5.62. The van der Waals surface area contributed by atoms with Crippen molar-refractivity contribution in [3.63, 3.8) is 0 Å². The summed E-state index contributed by atoms with van der Waals surface area (Å²) in [5.41, 5.74) is 5.16. The standard InChI is InChI=1S/C12H14N4O2S/c1-7-2-3-10(16-13)9(4-7)11(17)14-5-8-6-19-12(18)15-8/h2-4,6,16H,5,13H2,1H3,(H,14,17)(H,15,18). The molecule has 100 valence electrons. The van der Waals surface area contributed by atoms with Gasteiger partial charge in [-0.2, -0.15) is 0 Å². The number of carbonyl (C=O) groups is 1. The maximum absolute atomic E-state index is 12.1. The van der Waals surface area contributed by atoms with E-state index in [1.807, 2.05) is 13.0 Å². The highest BCUT2D eigenvalue weighted by Crippen LogP contribution is 2.16. The minimum atomic E-state index is -0.247. The third-order valence-electron chi connectivity index (χ3n) is 2.59. The Balaban J connectivity index is 2.11. The molecule has 0 spiro atoms. The second-order valence-electron chi connectivity index (χ2n) is 4.05. The topological polar surface area (TPSA) is 100 Å². The fraction of sp³-hybridized carbons (Fsp3) is 0.167. The summed E-state index contributed by atoms with van der Waals surface area (Å²) in [7, 11) is 0. The first-order chi connectivity index (χ1) is 9.10. The number of aromatic amines is 1. The van der Waals surface area contributed by atoms with E-state index in [9.17, 15) is 9.59 Å². The summed E-state index contributed by atoms with van der Waals surface area (Å²) >= 11 is 1.07. The number of aryl methyl sites for hydroxylation is 1. The van der Waals surface area contributed by atoms with Crippen molar-refractivity contribution in [1.29, 1.82) is 0 Å². The van der Waals surface area contributed by atoms with Crippen LogP contribution in [0.5, 0.6) is 0 Å². The van der Waals surface area contributed by atoms with E-state index in [0.29, 0.717) is 16.9 Å². The van der Waals surface area contributed by atoms with Gasteiger partial charge in [0.15, 0.2) is 0 Å². The molecular formula is C12H14N4O2S. The number of amides is 1. The highest BCUT2D eigenvalue weighted by atomic mass is 32.1. The van der Waals surface area contributed by atoms with Crippen LogP contribution >= 0.6 is 11.3 Å². The molecule has 0 aliphatic carbocycles. The van der Waals surface area contributed by atoms with Crippen molar-refractivity contribution in [1.82, 2.24) is 10.3 Å². The van der Waals surface area contributed by atoms with Gasteiger partial charge in [0.05, 0.1) is 17.8 Å². The van der Waals surface area contributed by atoms with Crippen molar-refractivity contribution in [3.05, 3.63) is 50.1 Å². The molecule has 1 aromatic heterocycles. The molecule has 0 saturated heterocycles. The Hall–Kier alpha value is -2.12. The molecule has 6 nitrogen and oxygen atoms in total. The van der Waals surface area contributed by atoms with E-state index in [1.54, 1.807) is 17.5 Å². The van der Waals surface area contributed by atoms with E-state index in [0.717, 1.165) is 16.9 Å². The number of hydrogen-bond acceptors (Lipinski definition) is 5. The Morgan fingerprint density at radius 1 is 1.47 bits per heavy atom. The Bertz CT molecular complexity index is 647. The Morgan fingerprint density at radius 3 is 2.89 bits per heavy atom. The molecule has 1 heterocycles. The predicted molar refractivity (Wildman–Crippen MR) is 75.1 cm³/mol. The summed E-state index contributed by atoms with van der Waals surface area (Å²) < 4.78 is 0. The lowest BCUT2D eigenvalue weighted by molar-refractivity contribution is 0.0951. The first kappa shape index (κ1) is 13.3. The minimum absolute atomic E-state index is 0.135. The SMILES string of the molecule is Cc1ccc(NN)c(C(=O)NCc2csc(=O)[nH]2)c1. The average molecular weight is 278 g/mol. The van der Waals surface area contributed by atoms with Gasteiger partial charge in [-0.25, -0.2) is 0 Å². The number of nitrogens with two attached hydrogens (primary N) is 1. The van der Waals surface area contributed by atoms with Gasteiger partial charge in [0, 0.05) is 11.1 Å². The molecule has 0 aliphatic heterocycles. The third kappa shape index (κ3) is 3.21. The number of hydrogen-bond donors (Lipinski definition) is 4. The fourth-order valence-corrected chi connectivity index (χ4v) is 2.22. The molecule has 2 rings (SSSR count). The lowest BCUT2D eigenvalue weighted by Gasteiger charge is -2.10. The number of benzene rings is 1. The van der Waals surface area contributed by atoms with Crippen LogP contribution in [-0.4, -0.2) is 10.9 Å². The molecular weight excluding hydrogens is 264 g/mol. The Kier molecular flexibility index (Phi) is 3.98. The van der Waals surface area contributed by atoms with Crippen molar-refractivity contribution in [2.75, 3.05) is 5.43 Å². The van der Waals surface area contributed by atoms with Crippen LogP contribution in [0.15, 0.2) is 28.4 Å². The zero-order valence-corrected chi connectivity index (χ0v) is 11.1. The fourth-order valence-electron chi connectivity index (χ4n) is 1.64. The normalized spacial score (nSPS) is 10.2. The van der Waals surface area contributed by atoms with Gasteiger partial charge < -0.3 is 15.7 Å². The van der Waals surface area contributed by atoms with E-state index >= 15 is 0 Å². The van der Waals surface area contributed by atoms with Crippen LogP contribution in [0.4, 0.5) is 5.69 Å². The van der Waals surface area contributed by atoms with Gasteiger partial charge in [-0.1, -0.05) is 23.0 Å². The van der Waals surface area contributed by atoms with Crippen LogP contribution in [0, 0.1) is 6.92 Å². The van der Waals surface area contributed by atoms with E-state index in [1.165, 1.54) is 0 Å². The summed E-state index contributed by atoms with van der Waals surface area (Å²) in [5.74, 6) is 5.13. The summed E-state index contributed by atoms with van der Waals surface area (Å²) in [6, 6.07) is 5.36. The molecule has 7 heteroatoms. The molecule has 19 heavy (non-hydrogen) atoms. The number of H-pyrrole nitrogens is 1. The van der Waals surface area contributed by atoms with Gasteiger partial charge in [0.25, 0.3) is 5.91 Å². The summed E-state index contributed by atoms with van der Waals surface area (Å²) in [4.78, 5) is 25.5. The molecule has 1 amide bonds. The highest BCUT2D eigenvalue weighted by molar-refractivity contribution is 7.07. The number of carbonyl (C=O) groups excluding carboxylic acids is 1. The lowest BCUT2D eigenvalue weighted by Crippen LogP contribution is -2.25. The Labute approximate surface area is 113 Å². The predicted octanol–water partition coefficient (Wildman–Crippen LogP) is 0.960. The number of hydrazine groups is 1. The van der Waals surface area contributed by atoms with Crippen LogP contribution in [-0.2, 0) is 6.54 Å². The van der Waals surface area contributed by atoms with Gasteiger partial charge in [0.2, 0.25) is 0 Å². The minimum Gasteiger partial charge on any atom is -0.346 e.